The van der Waals surface area contributed by atoms with Crippen molar-refractivity contribution >= 4 is 28.6 Å². The average Bonchev–Trinajstić information content (AvgIpc) is 2.70. The van der Waals surface area contributed by atoms with Crippen molar-refractivity contribution in [1.82, 2.24) is 9.88 Å². The summed E-state index contributed by atoms with van der Waals surface area (Å²) in [6, 6.07) is 8.04. The minimum absolute atomic E-state index is 0.145. The number of carboxylic acid groups (broad SMARTS) is 1. The second kappa shape index (κ2) is 8.66. The molecule has 0 atom stereocenters. The van der Waals surface area contributed by atoms with Gasteiger partial charge in [0.1, 0.15) is 11.8 Å². The molecule has 28 heavy (non-hydrogen) atoms. The maximum Gasteiger partial charge on any atom is 0.136 e. The Morgan fingerprint density at radius 2 is 2.18 bits per heavy atom. The number of hydrogen-bond acceptors (Lipinski definition) is 5. The predicted molar refractivity (Wildman–Crippen MR) is 105 cm³/mol. The van der Waals surface area contributed by atoms with Gasteiger partial charge in [0, 0.05) is 31.1 Å². The van der Waals surface area contributed by atoms with Gasteiger partial charge in [-0.25, -0.2) is 0 Å². The molecule has 2 aromatic rings. The van der Waals surface area contributed by atoms with Crippen LogP contribution < -0.4 is 9.84 Å². The van der Waals surface area contributed by atoms with Crippen LogP contribution in [0.15, 0.2) is 24.4 Å². The number of carbonyl (C=O) groups excluding carboxylic acids is 1. The van der Waals surface area contributed by atoms with E-state index in [2.05, 4.69) is 11.1 Å². The average molecular weight is 401 g/mol. The van der Waals surface area contributed by atoms with Crippen molar-refractivity contribution < 1.29 is 14.6 Å². The predicted octanol–water partition coefficient (Wildman–Crippen LogP) is 3.56. The Morgan fingerprint density at radius 3 is 2.82 bits per heavy atom. The van der Waals surface area contributed by atoms with Crippen LogP contribution in [0.4, 0.5) is 4.79 Å². The zero-order valence-electron chi connectivity index (χ0n) is 15.9. The number of ether oxygens (including phenoxy) is 1. The Labute approximate surface area is 169 Å². The van der Waals surface area contributed by atoms with Gasteiger partial charge in [0.2, 0.25) is 0 Å². The van der Waals surface area contributed by atoms with Crippen LogP contribution in [0.25, 0.3) is 10.9 Å². The molecule has 6 nitrogen and oxygen atoms in total. The van der Waals surface area contributed by atoms with Crippen LogP contribution in [0.3, 0.4) is 0 Å². The van der Waals surface area contributed by atoms with E-state index < -0.39 is 6.09 Å². The van der Waals surface area contributed by atoms with E-state index in [4.69, 9.17) is 16.3 Å². The Morgan fingerprint density at radius 1 is 1.43 bits per heavy atom. The molecule has 1 fully saturated rings. The summed E-state index contributed by atoms with van der Waals surface area (Å²) in [5, 5.41) is 21.9. The van der Waals surface area contributed by atoms with Crippen LogP contribution in [0, 0.1) is 16.7 Å². The topological polar surface area (TPSA) is 89.3 Å². The van der Waals surface area contributed by atoms with Gasteiger partial charge in [-0.1, -0.05) is 11.6 Å². The third kappa shape index (κ3) is 4.31. The lowest BCUT2D eigenvalue weighted by Crippen LogP contribution is -2.48. The number of halogens is 1. The lowest BCUT2D eigenvalue weighted by atomic mass is 9.72. The van der Waals surface area contributed by atoms with Gasteiger partial charge in [0.05, 0.1) is 23.7 Å². The molecule has 1 aliphatic rings. The zero-order chi connectivity index (χ0) is 20.1. The third-order valence-corrected chi connectivity index (χ3v) is 6.13. The van der Waals surface area contributed by atoms with Crippen LogP contribution >= 0.6 is 11.6 Å². The molecule has 1 aliphatic heterocycles. The van der Waals surface area contributed by atoms with Crippen LogP contribution in [0.5, 0.6) is 5.75 Å². The van der Waals surface area contributed by atoms with E-state index >= 15 is 0 Å². The van der Waals surface area contributed by atoms with Gasteiger partial charge in [-0.05, 0) is 61.3 Å². The van der Waals surface area contributed by atoms with Crippen molar-refractivity contribution in [1.29, 1.82) is 5.26 Å². The molecule has 148 valence electrons. The van der Waals surface area contributed by atoms with E-state index in [0.29, 0.717) is 37.4 Å². The Bertz CT molecular complexity index is 902. The fraction of sp³-hybridized carbons (Fsp3) is 0.476. The first-order chi connectivity index (χ1) is 13.5. The van der Waals surface area contributed by atoms with Crippen LogP contribution in [0.2, 0.25) is 5.02 Å². The van der Waals surface area contributed by atoms with E-state index in [9.17, 15) is 15.2 Å². The summed E-state index contributed by atoms with van der Waals surface area (Å²) in [5.74, 6) is 0.758. The summed E-state index contributed by atoms with van der Waals surface area (Å²) in [5.41, 5.74) is 1.76. The zero-order valence-corrected chi connectivity index (χ0v) is 16.7. The number of likely N-dealkylation sites (tertiary alicyclic amines) is 1. The molecule has 1 aromatic carbocycles. The molecule has 0 N–H and O–H groups in total. The Hall–Kier alpha value is -2.52. The largest absolute Gasteiger partial charge is 0.530 e. The van der Waals surface area contributed by atoms with Crippen LogP contribution in [-0.4, -0.2) is 36.2 Å². The number of aromatic nitrogens is 1. The highest BCUT2D eigenvalue weighted by atomic mass is 35.5. The first-order valence-electron chi connectivity index (χ1n) is 9.42. The second-order valence-electron chi connectivity index (χ2n) is 7.41. The van der Waals surface area contributed by atoms with Crippen molar-refractivity contribution in [2.75, 3.05) is 20.2 Å². The maximum absolute atomic E-state index is 11.1. The number of carbonyl (C=O) groups is 1. The molecule has 0 aliphatic carbocycles. The fourth-order valence-corrected chi connectivity index (χ4v) is 4.32. The summed E-state index contributed by atoms with van der Waals surface area (Å²) in [4.78, 5) is 16.8. The normalized spacial score (nSPS) is 16.0. The summed E-state index contributed by atoms with van der Waals surface area (Å²) in [7, 11) is 1.63. The van der Waals surface area contributed by atoms with Gasteiger partial charge in [-0.2, -0.15) is 5.26 Å². The van der Waals surface area contributed by atoms with E-state index in [1.54, 1.807) is 13.3 Å². The van der Waals surface area contributed by atoms with E-state index in [-0.39, 0.29) is 5.41 Å². The van der Waals surface area contributed by atoms with E-state index in [1.807, 2.05) is 18.2 Å². The number of pyridine rings is 1. The van der Waals surface area contributed by atoms with E-state index in [1.165, 1.54) is 4.90 Å². The van der Waals surface area contributed by atoms with Crippen LogP contribution in [-0.2, 0) is 6.42 Å². The summed E-state index contributed by atoms with van der Waals surface area (Å²) in [6.45, 7) is 0.861. The lowest BCUT2D eigenvalue weighted by molar-refractivity contribution is -0.267. The molecule has 1 amide bonds. The Balaban J connectivity index is 1.74. The number of nitriles is 1. The van der Waals surface area contributed by atoms with Crippen molar-refractivity contribution in [3.05, 3.63) is 35.0 Å². The highest BCUT2D eigenvalue weighted by Crippen LogP contribution is 2.40. The molecule has 2 heterocycles. The molecule has 1 saturated heterocycles. The fourth-order valence-electron chi connectivity index (χ4n) is 4.07. The molecule has 0 radical (unpaired) electrons. The van der Waals surface area contributed by atoms with Gasteiger partial charge < -0.3 is 19.5 Å². The standard InChI is InChI=1S/C21H24ClN3O3/c1-28-15-4-5-19-17(13-15)16(18(22)14-24-19)3-2-6-21(7-10-23)8-11-25(12-9-21)20(26)27/h4-5,13-14H,2-3,6-9,11-12H2,1H3,(H,26,27)/p-1. The number of piperidine rings is 1. The SMILES string of the molecule is COc1ccc2ncc(Cl)c(CCCC3(CC#N)CCN(C(=O)[O-])CC3)c2c1. The number of benzene rings is 1. The molecule has 0 bridgehead atoms. The highest BCUT2D eigenvalue weighted by Gasteiger charge is 2.34. The molecular weight excluding hydrogens is 378 g/mol. The summed E-state index contributed by atoms with van der Waals surface area (Å²) in [6.07, 6.45) is 4.84. The van der Waals surface area contributed by atoms with Crippen molar-refractivity contribution in [2.24, 2.45) is 5.41 Å². The van der Waals surface area contributed by atoms with Gasteiger partial charge in [0.25, 0.3) is 0 Å². The van der Waals surface area contributed by atoms with Gasteiger partial charge in [-0.3, -0.25) is 4.98 Å². The molecule has 7 heteroatoms. The minimum Gasteiger partial charge on any atom is -0.530 e. The van der Waals surface area contributed by atoms with E-state index in [0.717, 1.165) is 41.5 Å². The highest BCUT2D eigenvalue weighted by molar-refractivity contribution is 6.32. The summed E-state index contributed by atoms with van der Waals surface area (Å²) >= 11 is 6.44. The smallest absolute Gasteiger partial charge is 0.136 e. The first-order valence-corrected chi connectivity index (χ1v) is 9.80. The first kappa shape index (κ1) is 20.2. The minimum atomic E-state index is -1.13. The monoisotopic (exact) mass is 400 g/mol. The molecule has 0 unspecified atom stereocenters. The number of aryl methyl sites for hydroxylation is 1. The van der Waals surface area contributed by atoms with Gasteiger partial charge in [-0.15, -0.1) is 0 Å². The molecule has 0 saturated carbocycles. The number of methoxy groups -OCH3 is 1. The number of hydrogen-bond donors (Lipinski definition) is 0. The van der Waals surface area contributed by atoms with Crippen molar-refractivity contribution in [3.8, 4) is 11.8 Å². The number of amides is 1. The molecular formula is C21H23ClN3O3-. The third-order valence-electron chi connectivity index (χ3n) is 5.80. The van der Waals surface area contributed by atoms with Gasteiger partial charge >= 0.3 is 0 Å². The summed E-state index contributed by atoms with van der Waals surface area (Å²) < 4.78 is 5.33. The molecule has 0 spiro atoms. The Kier molecular flexibility index (Phi) is 6.25. The number of rotatable bonds is 6. The van der Waals surface area contributed by atoms with Gasteiger partial charge in [0.15, 0.2) is 0 Å². The maximum atomic E-state index is 11.1. The quantitative estimate of drug-likeness (QED) is 0.739. The lowest BCUT2D eigenvalue weighted by Gasteiger charge is -2.41. The molecule has 3 rings (SSSR count). The van der Waals surface area contributed by atoms with Crippen LogP contribution in [0.1, 0.15) is 37.7 Å². The number of fused-ring (bicyclic) bond motifs is 1. The van der Waals surface area contributed by atoms with Crippen molar-refractivity contribution in [3.63, 3.8) is 0 Å². The second-order valence-corrected chi connectivity index (χ2v) is 7.82. The molecule has 1 aromatic heterocycles. The van der Waals surface area contributed by atoms with Crippen molar-refractivity contribution in [2.45, 2.75) is 38.5 Å². The number of nitrogens with zero attached hydrogens (tertiary/aromatic N) is 3.